The molecule has 0 amide bonds. The van der Waals surface area contributed by atoms with E-state index in [4.69, 9.17) is 5.11 Å². The molecule has 1 aromatic heterocycles. The van der Waals surface area contributed by atoms with Crippen LogP contribution >= 0.6 is 0 Å². The van der Waals surface area contributed by atoms with Gasteiger partial charge in [0.15, 0.2) is 5.78 Å². The second kappa shape index (κ2) is 4.57. The third-order valence-corrected chi connectivity index (χ3v) is 2.28. The Labute approximate surface area is 93.4 Å². The number of pyridine rings is 1. The number of aromatic hydroxyl groups is 1. The predicted octanol–water partition coefficient (Wildman–Crippen LogP) is 2.21. The molecule has 3 heteroatoms. The predicted molar refractivity (Wildman–Crippen MR) is 60.4 cm³/mol. The summed E-state index contributed by atoms with van der Waals surface area (Å²) in [4.78, 5) is 15.5. The summed E-state index contributed by atoms with van der Waals surface area (Å²) in [5.41, 5.74) is 1.49. The molecule has 0 unspecified atom stereocenters. The average molecular weight is 213 g/mol. The summed E-state index contributed by atoms with van der Waals surface area (Å²) >= 11 is 0. The van der Waals surface area contributed by atoms with Crippen LogP contribution in [0.25, 0.3) is 0 Å². The molecule has 1 aromatic carbocycles. The monoisotopic (exact) mass is 213 g/mol. The van der Waals surface area contributed by atoms with Crippen molar-refractivity contribution in [1.29, 1.82) is 0 Å². The first kappa shape index (κ1) is 10.4. The summed E-state index contributed by atoms with van der Waals surface area (Å²) in [5, 5.41) is 9.01. The molecule has 16 heavy (non-hydrogen) atoms. The molecule has 0 radical (unpaired) electrons. The lowest BCUT2D eigenvalue weighted by molar-refractivity contribution is 0.0992. The van der Waals surface area contributed by atoms with Gasteiger partial charge in [0, 0.05) is 24.2 Å². The van der Waals surface area contributed by atoms with E-state index >= 15 is 0 Å². The lowest BCUT2D eigenvalue weighted by atomic mass is 10.0. The quantitative estimate of drug-likeness (QED) is 0.795. The average Bonchev–Trinajstić information content (AvgIpc) is 2.31. The molecule has 0 aliphatic heterocycles. The number of aromatic nitrogens is 1. The lowest BCUT2D eigenvalue weighted by Crippen LogP contribution is -2.03. The van der Waals surface area contributed by atoms with Gasteiger partial charge in [-0.2, -0.15) is 0 Å². The van der Waals surface area contributed by atoms with Crippen LogP contribution in [0, 0.1) is 0 Å². The van der Waals surface area contributed by atoms with E-state index in [-0.39, 0.29) is 11.7 Å². The van der Waals surface area contributed by atoms with Crippen LogP contribution in [0.5, 0.6) is 5.88 Å². The van der Waals surface area contributed by atoms with Crippen LogP contribution in [-0.2, 0) is 6.42 Å². The van der Waals surface area contributed by atoms with Crippen molar-refractivity contribution in [3.63, 3.8) is 0 Å². The number of rotatable bonds is 3. The molecular weight excluding hydrogens is 202 g/mol. The molecule has 0 aliphatic rings. The summed E-state index contributed by atoms with van der Waals surface area (Å²) in [6.45, 7) is 0. The largest absolute Gasteiger partial charge is 0.493 e. The molecule has 0 atom stereocenters. The van der Waals surface area contributed by atoms with Crippen molar-refractivity contribution in [2.45, 2.75) is 6.42 Å². The molecule has 0 saturated carbocycles. The Morgan fingerprint density at radius 1 is 1.12 bits per heavy atom. The molecule has 0 aliphatic carbocycles. The van der Waals surface area contributed by atoms with Crippen LogP contribution in [0.4, 0.5) is 0 Å². The number of nitrogens with zero attached hydrogens (tertiary/aromatic N) is 1. The Bertz CT molecular complexity index is 477. The molecule has 2 aromatic rings. The molecule has 0 bridgehead atoms. The highest BCUT2D eigenvalue weighted by atomic mass is 16.3. The first-order chi connectivity index (χ1) is 7.75. The van der Waals surface area contributed by atoms with Crippen molar-refractivity contribution in [2.75, 3.05) is 0 Å². The van der Waals surface area contributed by atoms with E-state index < -0.39 is 0 Å². The summed E-state index contributed by atoms with van der Waals surface area (Å²) < 4.78 is 0. The Balaban J connectivity index is 2.12. The lowest BCUT2D eigenvalue weighted by Gasteiger charge is -2.00. The van der Waals surface area contributed by atoms with Gasteiger partial charge in [0.2, 0.25) is 5.88 Å². The number of carbonyl (C=O) groups excluding carboxylic acids is 1. The first-order valence-electron chi connectivity index (χ1n) is 4.98. The van der Waals surface area contributed by atoms with Crippen molar-refractivity contribution < 1.29 is 9.90 Å². The summed E-state index contributed by atoms with van der Waals surface area (Å²) in [6, 6.07) is 12.5. The molecule has 0 spiro atoms. The molecule has 0 saturated heterocycles. The maximum atomic E-state index is 11.8. The SMILES string of the molecule is O=C(Cc1ccccc1)c1ccc(O)nc1. The second-order valence-corrected chi connectivity index (χ2v) is 3.49. The van der Waals surface area contributed by atoms with E-state index in [9.17, 15) is 4.79 Å². The zero-order valence-corrected chi connectivity index (χ0v) is 8.63. The van der Waals surface area contributed by atoms with Gasteiger partial charge in [-0.15, -0.1) is 0 Å². The molecule has 1 N–H and O–H groups in total. The van der Waals surface area contributed by atoms with Crippen LogP contribution < -0.4 is 0 Å². The normalized spacial score (nSPS) is 10.0. The minimum absolute atomic E-state index is 0.00120. The Morgan fingerprint density at radius 3 is 2.50 bits per heavy atom. The van der Waals surface area contributed by atoms with Crippen LogP contribution in [0.2, 0.25) is 0 Å². The van der Waals surface area contributed by atoms with Crippen molar-refractivity contribution >= 4 is 5.78 Å². The van der Waals surface area contributed by atoms with E-state index in [1.165, 1.54) is 12.3 Å². The van der Waals surface area contributed by atoms with Gasteiger partial charge >= 0.3 is 0 Å². The van der Waals surface area contributed by atoms with E-state index in [0.29, 0.717) is 12.0 Å². The van der Waals surface area contributed by atoms with E-state index in [2.05, 4.69) is 4.98 Å². The number of Topliss-reactive ketones (excluding diaryl/α,β-unsaturated/α-hetero) is 1. The standard InChI is InChI=1S/C13H11NO2/c15-12(8-10-4-2-1-3-5-10)11-6-7-13(16)14-9-11/h1-7,9H,8H2,(H,14,16). The van der Waals surface area contributed by atoms with Crippen molar-refractivity contribution in [3.8, 4) is 5.88 Å². The van der Waals surface area contributed by atoms with E-state index in [1.807, 2.05) is 30.3 Å². The van der Waals surface area contributed by atoms with Gasteiger partial charge in [0.05, 0.1) is 0 Å². The number of hydrogen-bond acceptors (Lipinski definition) is 3. The highest BCUT2D eigenvalue weighted by molar-refractivity contribution is 5.97. The fourth-order valence-corrected chi connectivity index (χ4v) is 1.43. The van der Waals surface area contributed by atoms with Gasteiger partial charge in [0.25, 0.3) is 0 Å². The minimum Gasteiger partial charge on any atom is -0.493 e. The number of benzene rings is 1. The van der Waals surface area contributed by atoms with E-state index in [1.54, 1.807) is 6.07 Å². The van der Waals surface area contributed by atoms with E-state index in [0.717, 1.165) is 5.56 Å². The maximum Gasteiger partial charge on any atom is 0.210 e. The highest BCUT2D eigenvalue weighted by Crippen LogP contribution is 2.09. The van der Waals surface area contributed by atoms with Gasteiger partial charge in [-0.05, 0) is 11.6 Å². The maximum absolute atomic E-state index is 11.8. The van der Waals surface area contributed by atoms with Gasteiger partial charge in [-0.1, -0.05) is 30.3 Å². The topological polar surface area (TPSA) is 50.2 Å². The Hall–Kier alpha value is -2.16. The molecule has 3 nitrogen and oxygen atoms in total. The van der Waals surface area contributed by atoms with Gasteiger partial charge in [-0.25, -0.2) is 4.98 Å². The smallest absolute Gasteiger partial charge is 0.210 e. The van der Waals surface area contributed by atoms with Gasteiger partial charge in [0.1, 0.15) is 0 Å². The second-order valence-electron chi connectivity index (χ2n) is 3.49. The Morgan fingerprint density at radius 2 is 1.88 bits per heavy atom. The van der Waals surface area contributed by atoms with Gasteiger partial charge < -0.3 is 5.11 Å². The van der Waals surface area contributed by atoms with Crippen LogP contribution in [0.15, 0.2) is 48.7 Å². The fraction of sp³-hybridized carbons (Fsp3) is 0.0769. The zero-order valence-electron chi connectivity index (χ0n) is 8.63. The van der Waals surface area contributed by atoms with Crippen LogP contribution in [-0.4, -0.2) is 15.9 Å². The molecule has 1 heterocycles. The number of hydrogen-bond donors (Lipinski definition) is 1. The third kappa shape index (κ3) is 2.45. The van der Waals surface area contributed by atoms with Crippen molar-refractivity contribution in [2.24, 2.45) is 0 Å². The van der Waals surface area contributed by atoms with Crippen LogP contribution in [0.3, 0.4) is 0 Å². The summed E-state index contributed by atoms with van der Waals surface area (Å²) in [7, 11) is 0. The zero-order chi connectivity index (χ0) is 11.4. The summed E-state index contributed by atoms with van der Waals surface area (Å²) in [5.74, 6) is -0.0741. The first-order valence-corrected chi connectivity index (χ1v) is 4.98. The minimum atomic E-state index is -0.0729. The fourth-order valence-electron chi connectivity index (χ4n) is 1.43. The molecule has 0 fully saturated rings. The number of ketones is 1. The van der Waals surface area contributed by atoms with Gasteiger partial charge in [-0.3, -0.25) is 4.79 Å². The molecular formula is C13H11NO2. The third-order valence-electron chi connectivity index (χ3n) is 2.28. The summed E-state index contributed by atoms with van der Waals surface area (Å²) in [6.07, 6.45) is 1.74. The van der Waals surface area contributed by atoms with Crippen molar-refractivity contribution in [1.82, 2.24) is 4.98 Å². The molecule has 80 valence electrons. The van der Waals surface area contributed by atoms with Crippen molar-refractivity contribution in [3.05, 3.63) is 59.8 Å². The Kier molecular flexibility index (Phi) is 2.96. The molecule has 2 rings (SSSR count). The highest BCUT2D eigenvalue weighted by Gasteiger charge is 2.06. The van der Waals surface area contributed by atoms with Crippen LogP contribution in [0.1, 0.15) is 15.9 Å². The number of carbonyl (C=O) groups is 1.